The maximum absolute atomic E-state index is 8.52. The molecule has 12 heteroatoms. The molecular weight excluding hydrogens is 312 g/mol. The Morgan fingerprint density at radius 1 is 0.667 bits per heavy atom. The van der Waals surface area contributed by atoms with E-state index in [2.05, 4.69) is 0 Å². The molecule has 0 rings (SSSR count). The Morgan fingerprint density at radius 3 is 0.667 bits per heavy atom. The van der Waals surface area contributed by atoms with E-state index in [0.717, 1.165) is 0 Å². The summed E-state index contributed by atoms with van der Waals surface area (Å²) in [6, 6.07) is 0. The number of hydrogen-bond donors (Lipinski definition) is 0. The zero-order valence-corrected chi connectivity index (χ0v) is 8.42. The van der Waals surface area contributed by atoms with Crippen molar-refractivity contribution in [3.63, 3.8) is 0 Å². The van der Waals surface area contributed by atoms with E-state index in [9.17, 15) is 0 Å². The Morgan fingerprint density at radius 2 is 0.667 bits per heavy atom. The normalized spacial score (nSPS) is 9.67. The van der Waals surface area contributed by atoms with E-state index < -0.39 is 20.8 Å². The van der Waals surface area contributed by atoms with Crippen molar-refractivity contribution in [3.05, 3.63) is 0 Å². The van der Waals surface area contributed by atoms with E-state index in [1.165, 1.54) is 0 Å². The summed E-state index contributed by atoms with van der Waals surface area (Å²) in [5.74, 6) is 0. The van der Waals surface area contributed by atoms with Gasteiger partial charge in [0.1, 0.15) is 0 Å². The van der Waals surface area contributed by atoms with Crippen LogP contribution in [0.1, 0.15) is 0 Å². The van der Waals surface area contributed by atoms with Crippen LogP contribution in [0.25, 0.3) is 0 Å². The van der Waals surface area contributed by atoms with E-state index in [0.29, 0.717) is 0 Å². The second-order valence-electron chi connectivity index (χ2n) is 0.816. The summed E-state index contributed by atoms with van der Waals surface area (Å²) in [5, 5.41) is 0. The second-order valence-corrected chi connectivity index (χ2v) is 2.45. The molecular formula is CuFeO8S2-. The van der Waals surface area contributed by atoms with Gasteiger partial charge < -0.3 is 18.2 Å². The molecule has 0 aromatic rings. The van der Waals surface area contributed by atoms with Crippen LogP contribution in [0.15, 0.2) is 0 Å². The van der Waals surface area contributed by atoms with Gasteiger partial charge in [0, 0.05) is 20.8 Å². The fraction of sp³-hybridized carbons (Fsp3) is 0. The smallest absolute Gasteiger partial charge is 0.759 e. The van der Waals surface area contributed by atoms with Crippen molar-refractivity contribution in [1.82, 2.24) is 0 Å². The zero-order chi connectivity index (χ0) is 9.00. The van der Waals surface area contributed by atoms with Gasteiger partial charge in [0.25, 0.3) is 0 Å². The molecule has 0 aromatic heterocycles. The molecule has 0 radical (unpaired) electrons. The van der Waals surface area contributed by atoms with Gasteiger partial charge in [-0.1, -0.05) is 0 Å². The Hall–Kier alpha value is 0.779. The van der Waals surface area contributed by atoms with Crippen molar-refractivity contribution in [2.75, 3.05) is 0 Å². The largest absolute Gasteiger partial charge is 2.00 e. The predicted octanol–water partition coefficient (Wildman–Crippen LogP) is -2.68. The van der Waals surface area contributed by atoms with Crippen molar-refractivity contribution in [2.24, 2.45) is 0 Å². The van der Waals surface area contributed by atoms with Gasteiger partial charge in [-0.25, -0.2) is 0 Å². The molecule has 0 spiro atoms. The van der Waals surface area contributed by atoms with Crippen LogP contribution in [0, 0.1) is 0 Å². The van der Waals surface area contributed by atoms with Crippen LogP contribution in [0.2, 0.25) is 0 Å². The van der Waals surface area contributed by atoms with Gasteiger partial charge >= 0.3 is 34.1 Å². The van der Waals surface area contributed by atoms with Crippen molar-refractivity contribution >= 4 is 20.8 Å². The summed E-state index contributed by atoms with van der Waals surface area (Å²) >= 11 is 0. The summed E-state index contributed by atoms with van der Waals surface area (Å²) < 4.78 is 68.2. The number of hydrogen-bond acceptors (Lipinski definition) is 8. The molecule has 0 aliphatic heterocycles. The molecule has 0 saturated carbocycles. The van der Waals surface area contributed by atoms with E-state index >= 15 is 0 Å². The zero-order valence-electron chi connectivity index (χ0n) is 4.74. The summed E-state index contributed by atoms with van der Waals surface area (Å²) in [5.41, 5.74) is 0. The van der Waals surface area contributed by atoms with E-state index in [1.807, 2.05) is 0 Å². The third-order valence-corrected chi connectivity index (χ3v) is 0. The molecule has 0 bridgehead atoms. The maximum Gasteiger partial charge on any atom is 2.00 e. The molecule has 80 valence electrons. The fourth-order valence-electron chi connectivity index (χ4n) is 0. The van der Waals surface area contributed by atoms with Gasteiger partial charge in [-0.15, -0.1) is 0 Å². The SMILES string of the molecule is O=S(=O)([O-])[O-].O=S(=O)([O-])[O-].[Cu+].[Fe+2]. The molecule has 12 heavy (non-hydrogen) atoms. The Bertz CT molecular complexity index is 213. The summed E-state index contributed by atoms with van der Waals surface area (Å²) in [6.07, 6.45) is 0. The fourth-order valence-corrected chi connectivity index (χ4v) is 0. The van der Waals surface area contributed by atoms with Gasteiger partial charge in [-0.2, -0.15) is 0 Å². The monoisotopic (exact) mass is 311 g/mol. The maximum atomic E-state index is 8.52. The quantitative estimate of drug-likeness (QED) is 0.265. The predicted molar refractivity (Wildman–Crippen MR) is 20.9 cm³/mol. The van der Waals surface area contributed by atoms with Gasteiger partial charge in [-0.3, -0.25) is 16.8 Å². The van der Waals surface area contributed by atoms with E-state index in [4.69, 9.17) is 35.0 Å². The van der Waals surface area contributed by atoms with Crippen molar-refractivity contribution < 1.29 is 69.2 Å². The first-order valence-electron chi connectivity index (χ1n) is 1.33. The average molecular weight is 312 g/mol. The van der Waals surface area contributed by atoms with Gasteiger partial charge in [0.05, 0.1) is 0 Å². The van der Waals surface area contributed by atoms with Crippen molar-refractivity contribution in [1.29, 1.82) is 0 Å². The van der Waals surface area contributed by atoms with Crippen LogP contribution in [-0.2, 0) is 54.9 Å². The number of rotatable bonds is 0. The molecule has 0 amide bonds. The van der Waals surface area contributed by atoms with Crippen LogP contribution in [0.3, 0.4) is 0 Å². The molecule has 0 N–H and O–H groups in total. The first-order valence-corrected chi connectivity index (χ1v) is 4.00. The molecule has 0 aliphatic rings. The molecule has 8 nitrogen and oxygen atoms in total. The van der Waals surface area contributed by atoms with Gasteiger partial charge in [0.2, 0.25) is 0 Å². The summed E-state index contributed by atoms with van der Waals surface area (Å²) in [6.45, 7) is 0. The molecule has 0 atom stereocenters. The minimum Gasteiger partial charge on any atom is -0.759 e. The third kappa shape index (κ3) is 1700. The minimum atomic E-state index is -5.17. The molecule has 0 heterocycles. The van der Waals surface area contributed by atoms with Crippen LogP contribution >= 0.6 is 0 Å². The van der Waals surface area contributed by atoms with Crippen LogP contribution in [0.5, 0.6) is 0 Å². The first kappa shape index (κ1) is 23.0. The van der Waals surface area contributed by atoms with Crippen molar-refractivity contribution in [2.45, 2.75) is 0 Å². The molecule has 0 unspecified atom stereocenters. The molecule has 0 aliphatic carbocycles. The first-order chi connectivity index (χ1) is 4.00. The van der Waals surface area contributed by atoms with E-state index in [-0.39, 0.29) is 34.1 Å². The molecule has 0 saturated heterocycles. The van der Waals surface area contributed by atoms with Crippen molar-refractivity contribution in [3.8, 4) is 0 Å². The van der Waals surface area contributed by atoms with E-state index in [1.54, 1.807) is 0 Å². The average Bonchev–Trinajstić information content (AvgIpc) is 1.12. The molecule has 0 fully saturated rings. The molecule has 0 aromatic carbocycles. The van der Waals surface area contributed by atoms with Gasteiger partial charge in [-0.05, 0) is 0 Å². The van der Waals surface area contributed by atoms with Crippen LogP contribution < -0.4 is 0 Å². The Kier molecular flexibility index (Phi) is 16.1. The topological polar surface area (TPSA) is 161 Å². The second kappa shape index (κ2) is 8.38. The van der Waals surface area contributed by atoms with Crippen LogP contribution in [0.4, 0.5) is 0 Å². The Balaban J connectivity index is -0.0000000457. The third-order valence-electron chi connectivity index (χ3n) is 0. The summed E-state index contributed by atoms with van der Waals surface area (Å²) in [4.78, 5) is 0. The minimum absolute atomic E-state index is 0. The van der Waals surface area contributed by atoms with Gasteiger partial charge in [0.15, 0.2) is 0 Å². The standard InChI is InChI=1S/Cu.Fe.2H2O4S/c;;2*1-5(2,3)4/h;;2*(H2,1,2,3,4)/q+1;+2;;/p-4. The summed E-state index contributed by atoms with van der Waals surface area (Å²) in [7, 11) is -10.3. The Labute approximate surface area is 89.8 Å². The van der Waals surface area contributed by atoms with Crippen LogP contribution in [-0.4, -0.2) is 35.0 Å².